The molecular formula is C39H61FN5O8P. The van der Waals surface area contributed by atoms with Gasteiger partial charge in [-0.3, -0.25) is 14.1 Å². The summed E-state index contributed by atoms with van der Waals surface area (Å²) in [6, 6.07) is 5.40. The summed E-state index contributed by atoms with van der Waals surface area (Å²) in [5.41, 5.74) is 5.61. The number of nitrogens with zero attached hydrogens (tertiary/aromatic N) is 4. The summed E-state index contributed by atoms with van der Waals surface area (Å²) in [6.07, 6.45) is 18.1. The van der Waals surface area contributed by atoms with Crippen molar-refractivity contribution in [3.63, 3.8) is 0 Å². The maximum absolute atomic E-state index is 14.1. The van der Waals surface area contributed by atoms with Crippen molar-refractivity contribution in [1.29, 1.82) is 5.26 Å². The Bertz CT molecular complexity index is 1510. The van der Waals surface area contributed by atoms with E-state index in [1.54, 1.807) is 5.01 Å². The molecule has 0 saturated carbocycles. The number of amidine groups is 1. The third-order valence-electron chi connectivity index (χ3n) is 10.5. The Kier molecular flexibility index (Phi) is 18.0. The molecule has 7 atom stereocenters. The lowest BCUT2D eigenvalue weighted by Crippen LogP contribution is -2.46. The van der Waals surface area contributed by atoms with Crippen molar-refractivity contribution in [2.75, 3.05) is 13.2 Å². The van der Waals surface area contributed by atoms with Gasteiger partial charge in [0, 0.05) is 0 Å². The molecule has 15 heteroatoms. The van der Waals surface area contributed by atoms with Crippen LogP contribution in [0.5, 0.6) is 0 Å². The molecule has 1 aromatic rings. The maximum atomic E-state index is 14.1. The Morgan fingerprint density at radius 2 is 1.67 bits per heavy atom. The SMILES string of the molecule is CCCCCCCCCCCCCCCCC[C@@H](COP(=O)(O)OC[C@@]1(C)O[C@@H](C2CC=C3C(N)=NC=NN32)[C@H](O)[C@@H]1O)OCc1cc(F)cc(C#N)c1. The van der Waals surface area contributed by atoms with Gasteiger partial charge < -0.3 is 30.3 Å². The van der Waals surface area contributed by atoms with E-state index in [0.717, 1.165) is 31.7 Å². The molecule has 3 heterocycles. The van der Waals surface area contributed by atoms with Crippen LogP contribution in [0.25, 0.3) is 0 Å². The standard InChI is InChI=1S/C39H61FN5O8P/c1-3-4-5-6-7-8-9-10-11-12-13-14-15-16-17-18-32(50-25-30-21-29(24-41)22-31(40)23-30)26-51-54(48,49)52-27-39(2)37(47)35(46)36(53-39)33-19-20-34-38(42)43-28-44-45(33)34/h20-23,28,32-33,35-37,46-47H,3-19,25-27H2,1-2H3,(H,48,49)(H2,42,43,44)/t32-,33?,35-,36-,37-,39+/m0/s1. The average molecular weight is 778 g/mol. The predicted molar refractivity (Wildman–Crippen MR) is 205 cm³/mol. The lowest BCUT2D eigenvalue weighted by molar-refractivity contribution is -0.110. The molecule has 0 aromatic heterocycles. The molecule has 3 aliphatic heterocycles. The van der Waals surface area contributed by atoms with E-state index < -0.39 is 56.3 Å². The fourth-order valence-electron chi connectivity index (χ4n) is 7.27. The summed E-state index contributed by atoms with van der Waals surface area (Å²) < 4.78 is 50.0. The smallest absolute Gasteiger partial charge is 0.387 e. The Morgan fingerprint density at radius 3 is 2.30 bits per heavy atom. The molecule has 13 nitrogen and oxygen atoms in total. The van der Waals surface area contributed by atoms with Gasteiger partial charge in [0.05, 0.1) is 49.3 Å². The van der Waals surface area contributed by atoms with E-state index in [-0.39, 0.29) is 24.6 Å². The van der Waals surface area contributed by atoms with Crippen molar-refractivity contribution >= 4 is 20.0 Å². The Morgan fingerprint density at radius 1 is 1.04 bits per heavy atom. The molecular weight excluding hydrogens is 716 g/mol. The van der Waals surface area contributed by atoms with E-state index in [1.165, 1.54) is 96.0 Å². The molecule has 302 valence electrons. The number of aliphatic imine (C=N–C) groups is 1. The largest absolute Gasteiger partial charge is 0.472 e. The molecule has 0 radical (unpaired) electrons. The highest BCUT2D eigenvalue weighted by Crippen LogP contribution is 2.47. The molecule has 0 bridgehead atoms. The fraction of sp³-hybridized carbons (Fsp3) is 0.718. The summed E-state index contributed by atoms with van der Waals surface area (Å²) in [4.78, 5) is 14.6. The number of hydrogen-bond donors (Lipinski definition) is 4. The highest BCUT2D eigenvalue weighted by atomic mass is 31.2. The highest BCUT2D eigenvalue weighted by Gasteiger charge is 2.56. The van der Waals surface area contributed by atoms with Gasteiger partial charge in [-0.05, 0) is 43.5 Å². The summed E-state index contributed by atoms with van der Waals surface area (Å²) in [5.74, 6) is -0.283. The van der Waals surface area contributed by atoms with Gasteiger partial charge in [-0.25, -0.2) is 13.9 Å². The topological polar surface area (TPSA) is 192 Å². The molecule has 3 aliphatic rings. The second-order valence-electron chi connectivity index (χ2n) is 15.0. The Hall–Kier alpha value is -2.73. The third-order valence-corrected chi connectivity index (χ3v) is 11.4. The molecule has 0 amide bonds. The predicted octanol–water partition coefficient (Wildman–Crippen LogP) is 7.13. The first-order valence-corrected chi connectivity index (χ1v) is 21.3. The molecule has 0 spiro atoms. The monoisotopic (exact) mass is 777 g/mol. The van der Waals surface area contributed by atoms with E-state index in [2.05, 4.69) is 17.0 Å². The number of ether oxygens (including phenoxy) is 2. The van der Waals surface area contributed by atoms with Crippen LogP contribution in [0.4, 0.5) is 4.39 Å². The molecule has 54 heavy (non-hydrogen) atoms. The number of phosphoric acid groups is 1. The molecule has 0 aliphatic carbocycles. The molecule has 1 fully saturated rings. The van der Waals surface area contributed by atoms with Gasteiger partial charge in [0.1, 0.15) is 36.1 Å². The number of aliphatic hydroxyl groups is 2. The lowest BCUT2D eigenvalue weighted by atomic mass is 9.95. The summed E-state index contributed by atoms with van der Waals surface area (Å²) >= 11 is 0. The van der Waals surface area contributed by atoms with E-state index in [0.29, 0.717) is 24.1 Å². The van der Waals surface area contributed by atoms with Crippen LogP contribution >= 0.6 is 7.82 Å². The van der Waals surface area contributed by atoms with Crippen LogP contribution in [0.15, 0.2) is 40.1 Å². The zero-order valence-electron chi connectivity index (χ0n) is 32.0. The number of halogens is 1. The number of hydrogen-bond acceptors (Lipinski definition) is 12. The van der Waals surface area contributed by atoms with Gasteiger partial charge in [-0.1, -0.05) is 109 Å². The van der Waals surface area contributed by atoms with E-state index in [1.807, 2.05) is 12.1 Å². The molecule has 2 unspecified atom stereocenters. The third kappa shape index (κ3) is 13.5. The fourth-order valence-corrected chi connectivity index (χ4v) is 8.12. The molecule has 1 aromatic carbocycles. The van der Waals surface area contributed by atoms with Gasteiger partial charge in [-0.2, -0.15) is 10.4 Å². The van der Waals surface area contributed by atoms with Gasteiger partial charge in [0.15, 0.2) is 5.84 Å². The normalized spacial score (nSPS) is 25.2. The van der Waals surface area contributed by atoms with Crippen molar-refractivity contribution in [2.45, 2.75) is 166 Å². The molecule has 4 rings (SSSR count). The van der Waals surface area contributed by atoms with Crippen LogP contribution in [0.2, 0.25) is 0 Å². The first-order valence-electron chi connectivity index (χ1n) is 19.8. The van der Waals surface area contributed by atoms with Crippen molar-refractivity contribution in [1.82, 2.24) is 5.01 Å². The quantitative estimate of drug-likeness (QED) is 0.0553. The van der Waals surface area contributed by atoms with Gasteiger partial charge >= 0.3 is 7.82 Å². The van der Waals surface area contributed by atoms with Gasteiger partial charge in [-0.15, -0.1) is 0 Å². The first kappa shape index (κ1) is 44.0. The summed E-state index contributed by atoms with van der Waals surface area (Å²) in [5, 5.41) is 36.9. The zero-order chi connectivity index (χ0) is 39.0. The van der Waals surface area contributed by atoms with Crippen molar-refractivity contribution < 1.29 is 42.6 Å². The number of phosphoric ester groups is 1. The first-order chi connectivity index (χ1) is 26.0. The summed E-state index contributed by atoms with van der Waals surface area (Å²) in [7, 11) is -4.69. The van der Waals surface area contributed by atoms with E-state index in [4.69, 9.17) is 24.3 Å². The Labute approximate surface area is 320 Å². The number of benzene rings is 1. The number of rotatable bonds is 26. The van der Waals surface area contributed by atoms with Gasteiger partial charge in [0.2, 0.25) is 0 Å². The number of nitriles is 1. The van der Waals surface area contributed by atoms with Crippen molar-refractivity contribution in [2.24, 2.45) is 15.8 Å². The van der Waals surface area contributed by atoms with Crippen LogP contribution < -0.4 is 5.73 Å². The summed E-state index contributed by atoms with van der Waals surface area (Å²) in [6.45, 7) is 2.86. The van der Waals surface area contributed by atoms with Crippen LogP contribution in [-0.4, -0.2) is 81.6 Å². The zero-order valence-corrected chi connectivity index (χ0v) is 32.9. The molecule has 5 N–H and O–H groups in total. The van der Waals surface area contributed by atoms with E-state index in [9.17, 15) is 29.3 Å². The van der Waals surface area contributed by atoms with Crippen LogP contribution in [0.1, 0.15) is 134 Å². The van der Waals surface area contributed by atoms with Crippen LogP contribution in [0, 0.1) is 17.1 Å². The van der Waals surface area contributed by atoms with Crippen molar-refractivity contribution in [3.05, 3.63) is 46.9 Å². The lowest BCUT2D eigenvalue weighted by Gasteiger charge is -2.32. The molecule has 1 saturated heterocycles. The second kappa shape index (κ2) is 22.1. The van der Waals surface area contributed by atoms with Crippen LogP contribution in [-0.2, 0) is 29.7 Å². The number of fused-ring (bicyclic) bond motifs is 1. The second-order valence-corrected chi connectivity index (χ2v) is 16.4. The number of aliphatic hydroxyl groups excluding tert-OH is 2. The Balaban J connectivity index is 1.21. The van der Waals surface area contributed by atoms with Gasteiger partial charge in [0.25, 0.3) is 0 Å². The maximum Gasteiger partial charge on any atom is 0.472 e. The number of nitrogens with two attached hydrogens (primary N) is 1. The average Bonchev–Trinajstić information content (AvgIpc) is 3.68. The minimum Gasteiger partial charge on any atom is -0.387 e. The van der Waals surface area contributed by atoms with E-state index >= 15 is 0 Å². The minimum absolute atomic E-state index is 0.0243. The highest BCUT2D eigenvalue weighted by molar-refractivity contribution is 7.47. The number of unbranched alkanes of at least 4 members (excludes halogenated alkanes) is 14. The number of hydrazone groups is 1. The van der Waals surface area contributed by atoms with Crippen LogP contribution in [0.3, 0.4) is 0 Å². The minimum atomic E-state index is -4.69. The van der Waals surface area contributed by atoms with Crippen molar-refractivity contribution in [3.8, 4) is 6.07 Å².